The van der Waals surface area contributed by atoms with E-state index in [1.807, 2.05) is 0 Å². The standard InChI is InChI=1S/2C14H10Cl2N2O3.ClH.Fe/c2*15-9-5-8(13(20)11(16)6-9)7-17-18-14(21)10-3-1-2-4-12(10)19;;/h2*1-7,19-20H,(H,18,21);1H;/q;;;+3/p-3/b2*17-7+;;. The predicted octanol–water partition coefficient (Wildman–Crippen LogP) is 2.07. The fourth-order valence-corrected chi connectivity index (χ4v) is 4.14. The van der Waals surface area contributed by atoms with Gasteiger partial charge >= 0.3 is 17.1 Å². The van der Waals surface area contributed by atoms with Crippen LogP contribution in [0.15, 0.2) is 83.0 Å². The van der Waals surface area contributed by atoms with E-state index in [0.717, 1.165) is 12.4 Å². The largest absolute Gasteiger partial charge is 3.00 e. The van der Waals surface area contributed by atoms with E-state index in [0.29, 0.717) is 0 Å². The van der Waals surface area contributed by atoms with Crippen molar-refractivity contribution >= 4 is 70.6 Å². The molecule has 44 heavy (non-hydrogen) atoms. The molecule has 16 heteroatoms. The number of carbonyl (C=O) groups is 2. The third kappa shape index (κ3) is 10.8. The molecule has 0 atom stereocenters. The number of hydrazone groups is 2. The molecule has 2 amide bonds. The molecule has 0 aliphatic carbocycles. The molecule has 0 heterocycles. The van der Waals surface area contributed by atoms with Gasteiger partial charge in [0.2, 0.25) is 0 Å². The van der Waals surface area contributed by atoms with Gasteiger partial charge in [0.15, 0.2) is 0 Å². The van der Waals surface area contributed by atoms with Gasteiger partial charge in [-0.2, -0.15) is 10.2 Å². The third-order valence-electron chi connectivity index (χ3n) is 5.11. The normalized spacial score (nSPS) is 10.3. The van der Waals surface area contributed by atoms with Crippen molar-refractivity contribution in [3.05, 3.63) is 115 Å². The van der Waals surface area contributed by atoms with Gasteiger partial charge in [-0.05, 0) is 59.7 Å². The summed E-state index contributed by atoms with van der Waals surface area (Å²) in [4.78, 5) is 23.5. The van der Waals surface area contributed by atoms with Crippen LogP contribution in [0.4, 0.5) is 0 Å². The predicted molar refractivity (Wildman–Crippen MR) is 158 cm³/mol. The number of para-hydroxylation sites is 2. The summed E-state index contributed by atoms with van der Waals surface area (Å²) < 4.78 is 0. The molecule has 4 N–H and O–H groups in total. The maximum atomic E-state index is 11.8. The molecular formula is C28H18Cl5FeN4O6. The van der Waals surface area contributed by atoms with Crippen molar-refractivity contribution in [2.24, 2.45) is 10.2 Å². The monoisotopic (exact) mass is 737 g/mol. The van der Waals surface area contributed by atoms with Crippen LogP contribution in [0.3, 0.4) is 0 Å². The van der Waals surface area contributed by atoms with Crippen molar-refractivity contribution in [3.63, 3.8) is 0 Å². The Morgan fingerprint density at radius 2 is 1.00 bits per heavy atom. The van der Waals surface area contributed by atoms with Gasteiger partial charge in [0.1, 0.15) is 11.5 Å². The topological polar surface area (TPSA) is 169 Å². The van der Waals surface area contributed by atoms with Crippen molar-refractivity contribution in [1.29, 1.82) is 0 Å². The van der Waals surface area contributed by atoms with E-state index >= 15 is 0 Å². The number of carbonyl (C=O) groups excluding carboxylic acids is 2. The molecule has 0 saturated carbocycles. The van der Waals surface area contributed by atoms with Gasteiger partial charge in [-0.3, -0.25) is 9.59 Å². The molecule has 0 aliphatic heterocycles. The zero-order valence-corrected chi connectivity index (χ0v) is 26.6. The molecule has 4 aromatic carbocycles. The number of hydrogen-bond acceptors (Lipinski definition) is 8. The molecule has 4 aromatic rings. The van der Waals surface area contributed by atoms with Crippen LogP contribution >= 0.6 is 46.4 Å². The first kappa shape index (κ1) is 38.4. The molecular weight excluding hydrogens is 721 g/mol. The van der Waals surface area contributed by atoms with Crippen molar-refractivity contribution in [3.8, 4) is 23.0 Å². The molecule has 10 nitrogen and oxygen atoms in total. The van der Waals surface area contributed by atoms with E-state index in [1.165, 1.54) is 48.5 Å². The summed E-state index contributed by atoms with van der Waals surface area (Å²) in [5, 5.41) is 50.2. The van der Waals surface area contributed by atoms with Crippen molar-refractivity contribution < 1.29 is 59.5 Å². The van der Waals surface area contributed by atoms with Crippen molar-refractivity contribution in [1.82, 2.24) is 10.9 Å². The molecule has 0 spiro atoms. The second kappa shape index (κ2) is 18.2. The minimum Gasteiger partial charge on any atom is -1.00 e. The minimum atomic E-state index is -0.607. The molecule has 4 rings (SSSR count). The van der Waals surface area contributed by atoms with Gasteiger partial charge in [0, 0.05) is 20.1 Å². The van der Waals surface area contributed by atoms with Crippen LogP contribution in [0.1, 0.15) is 31.8 Å². The summed E-state index contributed by atoms with van der Waals surface area (Å²) in [5.41, 5.74) is 4.83. The first-order chi connectivity index (χ1) is 20.0. The Balaban J connectivity index is 0.000000421. The first-order valence-corrected chi connectivity index (χ1v) is 13.0. The number of halogens is 5. The fourth-order valence-electron chi connectivity index (χ4n) is 3.12. The Morgan fingerprint density at radius 1 is 0.659 bits per heavy atom. The van der Waals surface area contributed by atoms with Crippen LogP contribution in [-0.4, -0.2) is 34.5 Å². The Morgan fingerprint density at radius 3 is 1.34 bits per heavy atom. The van der Waals surface area contributed by atoms with Gasteiger partial charge in [-0.25, -0.2) is 10.9 Å². The van der Waals surface area contributed by atoms with Crippen LogP contribution in [0.5, 0.6) is 23.0 Å². The zero-order chi connectivity index (χ0) is 30.8. The van der Waals surface area contributed by atoms with E-state index in [4.69, 9.17) is 46.4 Å². The quantitative estimate of drug-likeness (QED) is 0.134. The van der Waals surface area contributed by atoms with Crippen LogP contribution < -0.4 is 33.5 Å². The summed E-state index contributed by atoms with van der Waals surface area (Å²) in [6.07, 6.45) is 2.27. The summed E-state index contributed by atoms with van der Waals surface area (Å²) >= 11 is 22.9. The Kier molecular flexibility index (Phi) is 15.9. The van der Waals surface area contributed by atoms with Gasteiger partial charge < -0.3 is 32.8 Å². The van der Waals surface area contributed by atoms with E-state index in [-0.39, 0.29) is 83.3 Å². The van der Waals surface area contributed by atoms with Crippen LogP contribution in [0.2, 0.25) is 20.1 Å². The molecule has 0 aliphatic rings. The first-order valence-electron chi connectivity index (χ1n) is 11.5. The number of phenolic OH excluding ortho intramolecular Hbond substituents is 2. The average molecular weight is 740 g/mol. The number of amides is 2. The zero-order valence-electron chi connectivity index (χ0n) is 21.7. The maximum absolute atomic E-state index is 11.8. The Bertz CT molecular complexity index is 1570. The number of nitrogens with zero attached hydrogens (tertiary/aromatic N) is 2. The molecule has 229 valence electrons. The fraction of sp³-hybridized carbons (Fsp3) is 0. The third-order valence-corrected chi connectivity index (χ3v) is 6.11. The smallest absolute Gasteiger partial charge is 1.00 e. The maximum Gasteiger partial charge on any atom is 3.00 e. The number of rotatable bonds is 6. The van der Waals surface area contributed by atoms with Crippen molar-refractivity contribution in [2.75, 3.05) is 0 Å². The summed E-state index contributed by atoms with van der Waals surface area (Å²) in [6.45, 7) is 0. The van der Waals surface area contributed by atoms with E-state index in [9.17, 15) is 30.0 Å². The molecule has 0 aromatic heterocycles. The second-order valence-corrected chi connectivity index (χ2v) is 9.73. The minimum absolute atomic E-state index is 0. The molecule has 0 unspecified atom stereocenters. The summed E-state index contributed by atoms with van der Waals surface area (Å²) in [6, 6.07) is 17.4. The van der Waals surface area contributed by atoms with Crippen LogP contribution in [0, 0.1) is 0 Å². The second-order valence-electron chi connectivity index (χ2n) is 8.04. The van der Waals surface area contributed by atoms with Gasteiger partial charge in [0.25, 0.3) is 11.8 Å². The number of hydrogen-bond donors (Lipinski definition) is 4. The van der Waals surface area contributed by atoms with E-state index in [2.05, 4.69) is 21.1 Å². The van der Waals surface area contributed by atoms with Crippen molar-refractivity contribution in [2.45, 2.75) is 0 Å². The number of benzene rings is 4. The summed E-state index contributed by atoms with van der Waals surface area (Å²) in [5.74, 6) is -2.43. The van der Waals surface area contributed by atoms with E-state index in [1.54, 1.807) is 24.3 Å². The van der Waals surface area contributed by atoms with Crippen LogP contribution in [-0.2, 0) is 17.1 Å². The van der Waals surface area contributed by atoms with E-state index < -0.39 is 23.3 Å². The molecule has 0 saturated heterocycles. The molecule has 0 fully saturated rings. The molecule has 1 radical (unpaired) electrons. The number of nitrogens with one attached hydrogen (secondary N) is 2. The van der Waals surface area contributed by atoms with Gasteiger partial charge in [-0.15, -0.1) is 0 Å². The summed E-state index contributed by atoms with van der Waals surface area (Å²) in [7, 11) is 0. The Labute approximate surface area is 287 Å². The SMILES string of the molecule is O=C(N/N=C/c1cc(Cl)cc(Cl)c1[O-])c1ccccc1O.O=C(N/N=C/c1cc(Cl)cc(Cl)c1[O-])c1ccccc1O.[Cl-].[Fe+3]. The Hall–Kier alpha value is -3.67. The number of phenols is 2. The number of aromatic hydroxyl groups is 2. The van der Waals surface area contributed by atoms with Gasteiger partial charge in [-0.1, -0.05) is 82.2 Å². The average Bonchev–Trinajstić information content (AvgIpc) is 2.94. The molecule has 0 bridgehead atoms. The van der Waals surface area contributed by atoms with Crippen LogP contribution in [0.25, 0.3) is 0 Å². The van der Waals surface area contributed by atoms with Gasteiger partial charge in [0.05, 0.1) is 23.6 Å².